The summed E-state index contributed by atoms with van der Waals surface area (Å²) in [5, 5.41) is 2.70. The zero-order valence-corrected chi connectivity index (χ0v) is 20.5. The molecule has 1 heterocycles. The molecule has 0 saturated carbocycles. The number of fused-ring (bicyclic) bond motifs is 1. The highest BCUT2D eigenvalue weighted by atomic mass is 32.2. The van der Waals surface area contributed by atoms with Gasteiger partial charge in [-0.15, -0.1) is 0 Å². The molecule has 1 aromatic heterocycles. The SMILES string of the molecule is CCN(c1ccccc1)S(=O)(=O)c1ccc(OC)c(NC(=O)Cn2c(=O)n(C)c3ccccc32)c1. The number of para-hydroxylation sites is 3. The highest BCUT2D eigenvalue weighted by Gasteiger charge is 2.25. The Morgan fingerprint density at radius 3 is 2.31 bits per heavy atom. The molecule has 0 bridgehead atoms. The van der Waals surface area contributed by atoms with Crippen LogP contribution >= 0.6 is 0 Å². The van der Waals surface area contributed by atoms with Gasteiger partial charge in [0, 0.05) is 13.6 Å². The number of aryl methyl sites for hydroxylation is 1. The van der Waals surface area contributed by atoms with Gasteiger partial charge in [0.1, 0.15) is 12.3 Å². The second kappa shape index (κ2) is 9.67. The monoisotopic (exact) mass is 494 g/mol. The van der Waals surface area contributed by atoms with Crippen LogP contribution in [0, 0.1) is 0 Å². The van der Waals surface area contributed by atoms with Crippen molar-refractivity contribution in [2.24, 2.45) is 7.05 Å². The van der Waals surface area contributed by atoms with Gasteiger partial charge in [0.05, 0.1) is 34.4 Å². The van der Waals surface area contributed by atoms with Gasteiger partial charge in [0.25, 0.3) is 10.0 Å². The maximum absolute atomic E-state index is 13.4. The normalized spacial score (nSPS) is 11.4. The van der Waals surface area contributed by atoms with Crippen molar-refractivity contribution in [3.63, 3.8) is 0 Å². The molecule has 1 amide bonds. The van der Waals surface area contributed by atoms with Crippen molar-refractivity contribution >= 4 is 38.3 Å². The number of imidazole rings is 1. The molecule has 10 heteroatoms. The number of hydrogen-bond acceptors (Lipinski definition) is 5. The molecule has 4 aromatic rings. The summed E-state index contributed by atoms with van der Waals surface area (Å²) in [4.78, 5) is 25.6. The van der Waals surface area contributed by atoms with Gasteiger partial charge in [-0.25, -0.2) is 13.2 Å². The van der Waals surface area contributed by atoms with E-state index >= 15 is 0 Å². The van der Waals surface area contributed by atoms with Crippen molar-refractivity contribution in [1.82, 2.24) is 9.13 Å². The highest BCUT2D eigenvalue weighted by Crippen LogP contribution is 2.31. The van der Waals surface area contributed by atoms with Gasteiger partial charge in [-0.05, 0) is 49.4 Å². The van der Waals surface area contributed by atoms with Gasteiger partial charge in [-0.1, -0.05) is 30.3 Å². The summed E-state index contributed by atoms with van der Waals surface area (Å²) in [6.45, 7) is 1.73. The molecular weight excluding hydrogens is 468 g/mol. The average Bonchev–Trinajstić information content (AvgIpc) is 3.10. The van der Waals surface area contributed by atoms with Crippen LogP contribution in [0.3, 0.4) is 0 Å². The Morgan fingerprint density at radius 2 is 1.66 bits per heavy atom. The topological polar surface area (TPSA) is 103 Å². The molecule has 0 aliphatic carbocycles. The minimum absolute atomic E-state index is 0.00151. The first kappa shape index (κ1) is 24.1. The lowest BCUT2D eigenvalue weighted by Gasteiger charge is -2.23. The van der Waals surface area contributed by atoms with E-state index < -0.39 is 15.9 Å². The van der Waals surface area contributed by atoms with Gasteiger partial charge in [-0.3, -0.25) is 18.2 Å². The number of rotatable bonds is 8. The maximum atomic E-state index is 13.4. The molecule has 0 spiro atoms. The number of benzene rings is 3. The molecule has 0 fully saturated rings. The number of carbonyl (C=O) groups is 1. The first-order chi connectivity index (χ1) is 16.8. The van der Waals surface area contributed by atoms with Crippen molar-refractivity contribution in [2.75, 3.05) is 23.3 Å². The van der Waals surface area contributed by atoms with E-state index in [0.29, 0.717) is 22.5 Å². The Morgan fingerprint density at radius 1 is 1.00 bits per heavy atom. The smallest absolute Gasteiger partial charge is 0.329 e. The largest absolute Gasteiger partial charge is 0.495 e. The molecule has 35 heavy (non-hydrogen) atoms. The fraction of sp³-hybridized carbons (Fsp3) is 0.200. The van der Waals surface area contributed by atoms with Gasteiger partial charge < -0.3 is 10.1 Å². The second-order valence-electron chi connectivity index (χ2n) is 7.83. The molecule has 0 aliphatic rings. The fourth-order valence-corrected chi connectivity index (χ4v) is 5.51. The standard InChI is InChI=1S/C25H26N4O5S/c1-4-29(18-10-6-5-7-11-18)35(32,33)19-14-15-23(34-3)20(16-19)26-24(30)17-28-22-13-9-8-12-21(22)27(2)25(28)31/h5-16H,4,17H2,1-3H3,(H,26,30). The molecule has 182 valence electrons. The number of carbonyl (C=O) groups excluding carboxylic acids is 1. The summed E-state index contributed by atoms with van der Waals surface area (Å²) >= 11 is 0. The molecular formula is C25H26N4O5S. The van der Waals surface area contributed by atoms with Crippen LogP contribution in [0.4, 0.5) is 11.4 Å². The average molecular weight is 495 g/mol. The Balaban J connectivity index is 1.66. The van der Waals surface area contributed by atoms with E-state index in [0.717, 1.165) is 0 Å². The molecule has 3 aromatic carbocycles. The maximum Gasteiger partial charge on any atom is 0.329 e. The molecule has 0 unspecified atom stereocenters. The third-order valence-electron chi connectivity index (χ3n) is 5.72. The number of amides is 1. The van der Waals surface area contributed by atoms with E-state index in [4.69, 9.17) is 4.74 Å². The molecule has 9 nitrogen and oxygen atoms in total. The van der Waals surface area contributed by atoms with E-state index in [1.165, 1.54) is 38.7 Å². The van der Waals surface area contributed by atoms with Crippen LogP contribution in [0.25, 0.3) is 11.0 Å². The number of ether oxygens (including phenoxy) is 1. The van der Waals surface area contributed by atoms with Crippen LogP contribution in [0.15, 0.2) is 82.5 Å². The quantitative estimate of drug-likeness (QED) is 0.405. The first-order valence-corrected chi connectivity index (χ1v) is 12.4. The van der Waals surface area contributed by atoms with E-state index in [-0.39, 0.29) is 29.4 Å². The predicted octanol–water partition coefficient (Wildman–Crippen LogP) is 3.20. The van der Waals surface area contributed by atoms with Crippen molar-refractivity contribution < 1.29 is 17.9 Å². The van der Waals surface area contributed by atoms with Crippen LogP contribution in [0.5, 0.6) is 5.75 Å². The third kappa shape index (κ3) is 4.52. The van der Waals surface area contributed by atoms with Crippen LogP contribution in [0.1, 0.15) is 6.92 Å². The molecule has 4 rings (SSSR count). The Labute approximate surface area is 203 Å². The summed E-state index contributed by atoms with van der Waals surface area (Å²) < 4.78 is 36.3. The van der Waals surface area contributed by atoms with E-state index in [9.17, 15) is 18.0 Å². The summed E-state index contributed by atoms with van der Waals surface area (Å²) in [6.07, 6.45) is 0. The summed E-state index contributed by atoms with van der Waals surface area (Å²) in [5.74, 6) is -0.197. The third-order valence-corrected chi connectivity index (χ3v) is 7.62. The minimum atomic E-state index is -3.91. The lowest BCUT2D eigenvalue weighted by molar-refractivity contribution is -0.116. The second-order valence-corrected chi connectivity index (χ2v) is 9.69. The molecule has 0 saturated heterocycles. The summed E-state index contributed by atoms with van der Waals surface area (Å²) in [6, 6.07) is 20.2. The van der Waals surface area contributed by atoms with E-state index in [1.807, 2.05) is 12.1 Å². The first-order valence-electron chi connectivity index (χ1n) is 11.0. The van der Waals surface area contributed by atoms with Crippen LogP contribution in [0.2, 0.25) is 0 Å². The van der Waals surface area contributed by atoms with E-state index in [1.54, 1.807) is 56.4 Å². The van der Waals surface area contributed by atoms with Crippen molar-refractivity contribution in [3.8, 4) is 5.75 Å². The number of nitrogens with zero attached hydrogens (tertiary/aromatic N) is 3. The van der Waals surface area contributed by atoms with Gasteiger partial charge >= 0.3 is 5.69 Å². The number of methoxy groups -OCH3 is 1. The molecule has 0 radical (unpaired) electrons. The number of nitrogens with one attached hydrogen (secondary N) is 1. The Kier molecular flexibility index (Phi) is 6.65. The van der Waals surface area contributed by atoms with Crippen LogP contribution in [-0.2, 0) is 28.4 Å². The lowest BCUT2D eigenvalue weighted by atomic mass is 10.3. The fourth-order valence-electron chi connectivity index (χ4n) is 4.01. The minimum Gasteiger partial charge on any atom is -0.495 e. The van der Waals surface area contributed by atoms with Crippen molar-refractivity contribution in [3.05, 3.63) is 83.3 Å². The Hall–Kier alpha value is -4.05. The summed E-state index contributed by atoms with van der Waals surface area (Å²) in [7, 11) is -0.842. The lowest BCUT2D eigenvalue weighted by Crippen LogP contribution is -2.31. The molecule has 0 atom stereocenters. The number of hydrogen-bond donors (Lipinski definition) is 1. The molecule has 1 N–H and O–H groups in total. The van der Waals surface area contributed by atoms with E-state index in [2.05, 4.69) is 5.32 Å². The predicted molar refractivity (Wildman–Crippen MR) is 135 cm³/mol. The highest BCUT2D eigenvalue weighted by molar-refractivity contribution is 7.92. The number of aromatic nitrogens is 2. The molecule has 0 aliphatic heterocycles. The summed E-state index contributed by atoms with van der Waals surface area (Å²) in [5.41, 5.74) is 1.73. The van der Waals surface area contributed by atoms with Crippen molar-refractivity contribution in [2.45, 2.75) is 18.4 Å². The van der Waals surface area contributed by atoms with Crippen LogP contribution in [-0.4, -0.2) is 37.1 Å². The van der Waals surface area contributed by atoms with Gasteiger partial charge in [-0.2, -0.15) is 0 Å². The number of sulfonamides is 1. The van der Waals surface area contributed by atoms with Gasteiger partial charge in [0.2, 0.25) is 5.91 Å². The van der Waals surface area contributed by atoms with Crippen LogP contribution < -0.4 is 20.0 Å². The van der Waals surface area contributed by atoms with Gasteiger partial charge in [0.15, 0.2) is 0 Å². The zero-order valence-electron chi connectivity index (χ0n) is 19.6. The Bertz CT molecular complexity index is 1540. The van der Waals surface area contributed by atoms with Crippen molar-refractivity contribution in [1.29, 1.82) is 0 Å². The zero-order chi connectivity index (χ0) is 25.2. The number of anilines is 2.